The lowest BCUT2D eigenvalue weighted by molar-refractivity contribution is 0.611. The first-order valence-electron chi connectivity index (χ1n) is 5.22. The van der Waals surface area contributed by atoms with Crippen LogP contribution in [0, 0.1) is 5.92 Å². The van der Waals surface area contributed by atoms with Crippen molar-refractivity contribution in [3.8, 4) is 0 Å². The highest BCUT2D eigenvalue weighted by Gasteiger charge is 2.21. The summed E-state index contributed by atoms with van der Waals surface area (Å²) in [4.78, 5) is 4.31. The van der Waals surface area contributed by atoms with E-state index in [0.29, 0.717) is 11.7 Å². The summed E-state index contributed by atoms with van der Waals surface area (Å²) in [5.41, 5.74) is 7.94. The highest BCUT2D eigenvalue weighted by Crippen LogP contribution is 2.29. The van der Waals surface area contributed by atoms with E-state index in [0.717, 1.165) is 23.6 Å². The van der Waals surface area contributed by atoms with Gasteiger partial charge in [-0.2, -0.15) is 4.98 Å². The smallest absolute Gasteiger partial charge is 0.295 e. The van der Waals surface area contributed by atoms with Crippen molar-refractivity contribution in [3.05, 3.63) is 18.2 Å². The van der Waals surface area contributed by atoms with Crippen LogP contribution in [0.1, 0.15) is 12.8 Å². The Bertz CT molecular complexity index is 488. The van der Waals surface area contributed by atoms with Crippen LogP contribution in [-0.4, -0.2) is 11.5 Å². The molecule has 1 saturated carbocycles. The summed E-state index contributed by atoms with van der Waals surface area (Å²) < 4.78 is 5.52. The number of para-hydroxylation sites is 1. The Morgan fingerprint density at radius 3 is 3.07 bits per heavy atom. The molecule has 1 aromatic carbocycles. The number of benzene rings is 1. The number of aromatic nitrogens is 1. The molecule has 0 spiro atoms. The molecule has 0 saturated heterocycles. The standard InChI is InChI=1S/C11H13N3O/c12-8-2-1-3-9-10(8)14-11(15-9)13-6-7-4-5-7/h1-3,7H,4-6,12H2,(H,13,14). The maximum atomic E-state index is 5.79. The monoisotopic (exact) mass is 203 g/mol. The highest BCUT2D eigenvalue weighted by atomic mass is 16.4. The Morgan fingerprint density at radius 1 is 1.47 bits per heavy atom. The molecule has 1 aliphatic rings. The molecule has 2 aromatic rings. The lowest BCUT2D eigenvalue weighted by Crippen LogP contribution is -2.02. The Labute approximate surface area is 87.5 Å². The van der Waals surface area contributed by atoms with Crippen LogP contribution in [0.3, 0.4) is 0 Å². The topological polar surface area (TPSA) is 64.1 Å². The Balaban J connectivity index is 1.88. The minimum Gasteiger partial charge on any atom is -0.423 e. The number of hydrogen-bond acceptors (Lipinski definition) is 4. The Morgan fingerprint density at radius 2 is 2.33 bits per heavy atom. The molecule has 0 bridgehead atoms. The Hall–Kier alpha value is -1.71. The predicted octanol–water partition coefficient (Wildman–Crippen LogP) is 2.23. The number of nitrogen functional groups attached to an aromatic ring is 1. The molecule has 78 valence electrons. The summed E-state index contributed by atoms with van der Waals surface area (Å²) in [5, 5.41) is 3.19. The van der Waals surface area contributed by atoms with Crippen LogP contribution in [-0.2, 0) is 0 Å². The molecule has 1 fully saturated rings. The number of hydrogen-bond donors (Lipinski definition) is 2. The first-order valence-corrected chi connectivity index (χ1v) is 5.22. The predicted molar refractivity (Wildman–Crippen MR) is 59.6 cm³/mol. The Kier molecular flexibility index (Phi) is 1.80. The number of anilines is 2. The van der Waals surface area contributed by atoms with E-state index in [1.807, 2.05) is 18.2 Å². The van der Waals surface area contributed by atoms with E-state index in [1.54, 1.807) is 0 Å². The average molecular weight is 203 g/mol. The zero-order valence-electron chi connectivity index (χ0n) is 8.36. The van der Waals surface area contributed by atoms with Gasteiger partial charge in [-0.05, 0) is 30.9 Å². The van der Waals surface area contributed by atoms with Gasteiger partial charge in [0.2, 0.25) is 0 Å². The van der Waals surface area contributed by atoms with Gasteiger partial charge in [0.25, 0.3) is 6.01 Å². The molecule has 15 heavy (non-hydrogen) atoms. The first-order chi connectivity index (χ1) is 7.33. The summed E-state index contributed by atoms with van der Waals surface area (Å²) in [6, 6.07) is 6.15. The van der Waals surface area contributed by atoms with Crippen molar-refractivity contribution in [3.63, 3.8) is 0 Å². The van der Waals surface area contributed by atoms with Crippen molar-refractivity contribution < 1.29 is 4.42 Å². The second-order valence-corrected chi connectivity index (χ2v) is 4.04. The van der Waals surface area contributed by atoms with E-state index in [4.69, 9.17) is 10.2 Å². The van der Waals surface area contributed by atoms with Crippen LogP contribution in [0.4, 0.5) is 11.7 Å². The van der Waals surface area contributed by atoms with Crippen molar-refractivity contribution in [2.24, 2.45) is 5.92 Å². The zero-order chi connectivity index (χ0) is 10.3. The van der Waals surface area contributed by atoms with Gasteiger partial charge in [-0.1, -0.05) is 6.07 Å². The number of rotatable bonds is 3. The average Bonchev–Trinajstić information content (AvgIpc) is 2.95. The van der Waals surface area contributed by atoms with Crippen LogP contribution in [0.2, 0.25) is 0 Å². The molecule has 3 N–H and O–H groups in total. The molecular formula is C11H13N3O. The zero-order valence-corrected chi connectivity index (χ0v) is 8.36. The summed E-state index contributed by atoms with van der Waals surface area (Å²) >= 11 is 0. The molecule has 4 nitrogen and oxygen atoms in total. The molecule has 0 aliphatic heterocycles. The van der Waals surface area contributed by atoms with Gasteiger partial charge in [0.05, 0.1) is 5.69 Å². The molecule has 1 heterocycles. The summed E-state index contributed by atoms with van der Waals surface area (Å²) in [7, 11) is 0. The number of fused-ring (bicyclic) bond motifs is 1. The van der Waals surface area contributed by atoms with E-state index in [-0.39, 0.29) is 0 Å². The van der Waals surface area contributed by atoms with Gasteiger partial charge >= 0.3 is 0 Å². The minimum absolute atomic E-state index is 0.579. The van der Waals surface area contributed by atoms with Gasteiger partial charge in [-0.25, -0.2) is 0 Å². The van der Waals surface area contributed by atoms with E-state index in [1.165, 1.54) is 12.8 Å². The highest BCUT2D eigenvalue weighted by molar-refractivity contribution is 5.86. The third-order valence-electron chi connectivity index (χ3n) is 2.69. The second-order valence-electron chi connectivity index (χ2n) is 4.04. The van der Waals surface area contributed by atoms with Crippen molar-refractivity contribution >= 4 is 22.8 Å². The summed E-state index contributed by atoms with van der Waals surface area (Å²) in [5.74, 6) is 0.803. The van der Waals surface area contributed by atoms with Crippen LogP contribution in [0.15, 0.2) is 22.6 Å². The molecule has 3 rings (SSSR count). The van der Waals surface area contributed by atoms with Gasteiger partial charge in [0.1, 0.15) is 5.52 Å². The SMILES string of the molecule is Nc1cccc2oc(NCC3CC3)nc12. The molecule has 4 heteroatoms. The molecule has 1 aliphatic carbocycles. The largest absolute Gasteiger partial charge is 0.423 e. The van der Waals surface area contributed by atoms with Crippen molar-refractivity contribution in [2.75, 3.05) is 17.6 Å². The summed E-state index contributed by atoms with van der Waals surface area (Å²) in [6.45, 7) is 0.951. The molecule has 1 aromatic heterocycles. The van der Waals surface area contributed by atoms with E-state index >= 15 is 0 Å². The molecule has 0 radical (unpaired) electrons. The third-order valence-corrected chi connectivity index (χ3v) is 2.69. The number of nitrogens with two attached hydrogens (primary N) is 1. The van der Waals surface area contributed by atoms with Crippen LogP contribution in [0.25, 0.3) is 11.1 Å². The number of nitrogens with zero attached hydrogens (tertiary/aromatic N) is 1. The maximum Gasteiger partial charge on any atom is 0.295 e. The van der Waals surface area contributed by atoms with Gasteiger partial charge in [-0.15, -0.1) is 0 Å². The van der Waals surface area contributed by atoms with Crippen molar-refractivity contribution in [2.45, 2.75) is 12.8 Å². The van der Waals surface area contributed by atoms with Crippen LogP contribution >= 0.6 is 0 Å². The normalized spacial score (nSPS) is 15.7. The fourth-order valence-electron chi connectivity index (χ4n) is 1.60. The fourth-order valence-corrected chi connectivity index (χ4v) is 1.60. The lowest BCUT2D eigenvalue weighted by Gasteiger charge is -1.96. The maximum absolute atomic E-state index is 5.79. The molecule has 0 atom stereocenters. The number of oxazole rings is 1. The first kappa shape index (κ1) is 8.59. The minimum atomic E-state index is 0.579. The van der Waals surface area contributed by atoms with Gasteiger partial charge in [0.15, 0.2) is 5.58 Å². The summed E-state index contributed by atoms with van der Waals surface area (Å²) in [6.07, 6.45) is 2.63. The van der Waals surface area contributed by atoms with Gasteiger partial charge in [0, 0.05) is 6.54 Å². The van der Waals surface area contributed by atoms with Gasteiger partial charge in [-0.3, -0.25) is 0 Å². The molecule has 0 amide bonds. The van der Waals surface area contributed by atoms with Crippen LogP contribution in [0.5, 0.6) is 0 Å². The van der Waals surface area contributed by atoms with E-state index in [2.05, 4.69) is 10.3 Å². The quantitative estimate of drug-likeness (QED) is 0.751. The fraction of sp³-hybridized carbons (Fsp3) is 0.364. The van der Waals surface area contributed by atoms with Crippen LogP contribution < -0.4 is 11.1 Å². The second kappa shape index (κ2) is 3.15. The van der Waals surface area contributed by atoms with Gasteiger partial charge < -0.3 is 15.5 Å². The third kappa shape index (κ3) is 1.63. The molecule has 0 unspecified atom stereocenters. The van der Waals surface area contributed by atoms with Crippen molar-refractivity contribution in [1.29, 1.82) is 0 Å². The lowest BCUT2D eigenvalue weighted by atomic mass is 10.3. The molecular weight excluding hydrogens is 190 g/mol. The van der Waals surface area contributed by atoms with E-state index in [9.17, 15) is 0 Å². The van der Waals surface area contributed by atoms with E-state index < -0.39 is 0 Å². The number of nitrogens with one attached hydrogen (secondary N) is 1. The van der Waals surface area contributed by atoms with Crippen molar-refractivity contribution in [1.82, 2.24) is 4.98 Å².